The van der Waals surface area contributed by atoms with E-state index in [1.807, 2.05) is 0 Å². The van der Waals surface area contributed by atoms with Crippen molar-refractivity contribution in [3.05, 3.63) is 34.4 Å². The molecule has 0 bridgehead atoms. The Morgan fingerprint density at radius 3 is 2.22 bits per heavy atom. The van der Waals surface area contributed by atoms with Gasteiger partial charge in [-0.2, -0.15) is 0 Å². The number of fused-ring (bicyclic) bond motifs is 1. The largest absolute Gasteiger partial charge is 0.0645 e. The average Bonchev–Trinajstić information content (AvgIpc) is 2.65. The van der Waals surface area contributed by atoms with Crippen molar-refractivity contribution in [1.29, 1.82) is 0 Å². The second kappa shape index (κ2) is 4.40. The van der Waals surface area contributed by atoms with Crippen molar-refractivity contribution in [3.63, 3.8) is 0 Å². The van der Waals surface area contributed by atoms with Crippen LogP contribution in [0, 0.1) is 6.92 Å². The van der Waals surface area contributed by atoms with Crippen LogP contribution in [-0.4, -0.2) is 0 Å². The number of hydrogen-bond donors (Lipinski definition) is 0. The molecule has 0 N–H and O–H groups in total. The standard InChI is InChI=1S/C18H28/c1-7-18(8-2)10-9-14-12-15(17(4,5)6)13(3)11-16(14)18/h11-12H,7-10H2,1-6H3. The summed E-state index contributed by atoms with van der Waals surface area (Å²) in [5.74, 6) is 0. The van der Waals surface area contributed by atoms with Gasteiger partial charge in [0.1, 0.15) is 0 Å². The molecule has 0 heteroatoms. The van der Waals surface area contributed by atoms with E-state index >= 15 is 0 Å². The summed E-state index contributed by atoms with van der Waals surface area (Å²) >= 11 is 0. The summed E-state index contributed by atoms with van der Waals surface area (Å²) in [5.41, 5.74) is 7.02. The lowest BCUT2D eigenvalue weighted by atomic mass is 9.75. The highest BCUT2D eigenvalue weighted by atomic mass is 14.4. The maximum Gasteiger partial charge on any atom is -0.00462 e. The zero-order valence-electron chi connectivity index (χ0n) is 13.0. The lowest BCUT2D eigenvalue weighted by molar-refractivity contribution is 0.394. The molecule has 1 aromatic rings. The van der Waals surface area contributed by atoms with Crippen LogP contribution in [0.1, 0.15) is 76.1 Å². The zero-order valence-corrected chi connectivity index (χ0v) is 13.0. The highest BCUT2D eigenvalue weighted by Crippen LogP contribution is 2.45. The fourth-order valence-electron chi connectivity index (χ4n) is 3.75. The summed E-state index contributed by atoms with van der Waals surface area (Å²) in [4.78, 5) is 0. The Morgan fingerprint density at radius 1 is 1.11 bits per heavy atom. The van der Waals surface area contributed by atoms with E-state index in [1.165, 1.54) is 36.8 Å². The van der Waals surface area contributed by atoms with Crippen molar-refractivity contribution < 1.29 is 0 Å². The molecule has 1 aliphatic rings. The third-order valence-corrected chi connectivity index (χ3v) is 5.06. The molecule has 0 amide bonds. The number of hydrogen-bond acceptors (Lipinski definition) is 0. The van der Waals surface area contributed by atoms with Gasteiger partial charge in [-0.3, -0.25) is 0 Å². The van der Waals surface area contributed by atoms with Gasteiger partial charge in [-0.15, -0.1) is 0 Å². The first-order valence-corrected chi connectivity index (χ1v) is 7.48. The minimum atomic E-state index is 0.267. The van der Waals surface area contributed by atoms with E-state index in [4.69, 9.17) is 0 Å². The quantitative estimate of drug-likeness (QED) is 0.662. The fourth-order valence-corrected chi connectivity index (χ4v) is 3.75. The normalized spacial score (nSPS) is 17.9. The molecule has 0 fully saturated rings. The Labute approximate surface area is 113 Å². The van der Waals surface area contributed by atoms with Crippen LogP contribution in [0.25, 0.3) is 0 Å². The van der Waals surface area contributed by atoms with Gasteiger partial charge in [-0.25, -0.2) is 0 Å². The van der Waals surface area contributed by atoms with Gasteiger partial charge in [0.25, 0.3) is 0 Å². The Morgan fingerprint density at radius 2 is 1.72 bits per heavy atom. The molecule has 0 saturated carbocycles. The molecule has 0 saturated heterocycles. The smallest absolute Gasteiger partial charge is 0.00462 e. The van der Waals surface area contributed by atoms with E-state index in [2.05, 4.69) is 53.7 Å². The van der Waals surface area contributed by atoms with Crippen molar-refractivity contribution in [3.8, 4) is 0 Å². The molecule has 0 unspecified atom stereocenters. The molecular formula is C18H28. The Hall–Kier alpha value is -0.780. The van der Waals surface area contributed by atoms with Gasteiger partial charge in [0.15, 0.2) is 0 Å². The van der Waals surface area contributed by atoms with Crippen LogP contribution in [0.5, 0.6) is 0 Å². The van der Waals surface area contributed by atoms with Crippen LogP contribution in [0.2, 0.25) is 0 Å². The van der Waals surface area contributed by atoms with Crippen LogP contribution >= 0.6 is 0 Å². The van der Waals surface area contributed by atoms with Crippen molar-refractivity contribution in [1.82, 2.24) is 0 Å². The first-order valence-electron chi connectivity index (χ1n) is 7.48. The SMILES string of the molecule is CCC1(CC)CCc2cc(C(C)(C)C)c(C)cc21. The molecule has 0 nitrogen and oxygen atoms in total. The summed E-state index contributed by atoms with van der Waals surface area (Å²) in [6, 6.07) is 4.99. The maximum atomic E-state index is 2.50. The third kappa shape index (κ3) is 2.00. The summed E-state index contributed by atoms with van der Waals surface area (Å²) in [6.07, 6.45) is 5.19. The lowest BCUT2D eigenvalue weighted by Crippen LogP contribution is -2.21. The Balaban J connectivity index is 2.56. The van der Waals surface area contributed by atoms with E-state index in [0.717, 1.165) is 0 Å². The van der Waals surface area contributed by atoms with Crippen molar-refractivity contribution in [2.24, 2.45) is 0 Å². The first-order chi connectivity index (χ1) is 8.34. The number of aryl methyl sites for hydroxylation is 2. The molecule has 2 rings (SSSR count). The van der Waals surface area contributed by atoms with E-state index in [1.54, 1.807) is 11.1 Å². The molecule has 0 aliphatic heterocycles. The molecule has 0 heterocycles. The molecule has 0 radical (unpaired) electrons. The van der Waals surface area contributed by atoms with Crippen molar-refractivity contribution >= 4 is 0 Å². The molecule has 0 atom stereocenters. The van der Waals surface area contributed by atoms with Gasteiger partial charge in [-0.1, -0.05) is 46.8 Å². The average molecular weight is 244 g/mol. The van der Waals surface area contributed by atoms with Crippen molar-refractivity contribution in [2.45, 2.75) is 78.1 Å². The molecule has 18 heavy (non-hydrogen) atoms. The monoisotopic (exact) mass is 244 g/mol. The van der Waals surface area contributed by atoms with Crippen molar-refractivity contribution in [2.75, 3.05) is 0 Å². The topological polar surface area (TPSA) is 0 Å². The second-order valence-corrected chi connectivity index (χ2v) is 7.06. The molecule has 0 aromatic heterocycles. The van der Waals surface area contributed by atoms with Gasteiger partial charge < -0.3 is 0 Å². The third-order valence-electron chi connectivity index (χ3n) is 5.06. The van der Waals surface area contributed by atoms with Crippen LogP contribution in [0.15, 0.2) is 12.1 Å². The van der Waals surface area contributed by atoms with Crippen LogP contribution in [-0.2, 0) is 17.3 Å². The number of benzene rings is 1. The predicted octanol–water partition coefficient (Wildman–Crippen LogP) is 5.30. The van der Waals surface area contributed by atoms with E-state index in [9.17, 15) is 0 Å². The van der Waals surface area contributed by atoms with Crippen LogP contribution in [0.4, 0.5) is 0 Å². The van der Waals surface area contributed by atoms with Gasteiger partial charge in [-0.05, 0) is 65.7 Å². The first kappa shape index (κ1) is 13.6. The van der Waals surface area contributed by atoms with Gasteiger partial charge in [0.05, 0.1) is 0 Å². The van der Waals surface area contributed by atoms with Gasteiger partial charge in [0.2, 0.25) is 0 Å². The molecule has 0 spiro atoms. The zero-order chi connectivity index (χ0) is 13.6. The Bertz CT molecular complexity index is 442. The summed E-state index contributed by atoms with van der Waals surface area (Å²) in [5, 5.41) is 0. The molecule has 100 valence electrons. The second-order valence-electron chi connectivity index (χ2n) is 7.06. The van der Waals surface area contributed by atoms with E-state index in [-0.39, 0.29) is 5.41 Å². The predicted molar refractivity (Wildman–Crippen MR) is 80.5 cm³/mol. The maximum absolute atomic E-state index is 2.50. The summed E-state index contributed by atoms with van der Waals surface area (Å²) in [6.45, 7) is 14.0. The van der Waals surface area contributed by atoms with Crippen LogP contribution in [0.3, 0.4) is 0 Å². The summed E-state index contributed by atoms with van der Waals surface area (Å²) in [7, 11) is 0. The molecule has 1 aliphatic carbocycles. The fraction of sp³-hybridized carbons (Fsp3) is 0.667. The highest BCUT2D eigenvalue weighted by Gasteiger charge is 2.36. The summed E-state index contributed by atoms with van der Waals surface area (Å²) < 4.78 is 0. The Kier molecular flexibility index (Phi) is 3.34. The number of rotatable bonds is 2. The molecular weight excluding hydrogens is 216 g/mol. The minimum Gasteiger partial charge on any atom is -0.0645 e. The minimum absolute atomic E-state index is 0.267. The van der Waals surface area contributed by atoms with Gasteiger partial charge in [0, 0.05) is 0 Å². The van der Waals surface area contributed by atoms with E-state index < -0.39 is 0 Å². The molecule has 1 aromatic carbocycles. The van der Waals surface area contributed by atoms with Crippen LogP contribution < -0.4 is 0 Å². The van der Waals surface area contributed by atoms with Gasteiger partial charge >= 0.3 is 0 Å². The lowest BCUT2D eigenvalue weighted by Gasteiger charge is -2.29. The van der Waals surface area contributed by atoms with E-state index in [0.29, 0.717) is 5.41 Å². The highest BCUT2D eigenvalue weighted by molar-refractivity contribution is 5.47.